The van der Waals surface area contributed by atoms with Gasteiger partial charge in [-0.15, -0.1) is 0 Å². The van der Waals surface area contributed by atoms with Crippen LogP contribution in [0.4, 0.5) is 13.2 Å². The van der Waals surface area contributed by atoms with E-state index >= 15 is 0 Å². The van der Waals surface area contributed by atoms with Crippen molar-refractivity contribution < 1.29 is 22.5 Å². The van der Waals surface area contributed by atoms with Crippen molar-refractivity contribution in [2.45, 2.75) is 32.5 Å². The molecule has 2 aromatic rings. The summed E-state index contributed by atoms with van der Waals surface area (Å²) in [6, 6.07) is 6.35. The number of halogens is 3. The standard InChI is InChI=1S/C14H14F3N3O2/c1-3-11(21)18-8(2)9-4-6-10(7-5-9)12-19-13(22-20-12)14(15,16)17/h4-8H,3H2,1-2H3,(H,18,21). The molecule has 1 atom stereocenters. The van der Waals surface area contributed by atoms with Crippen molar-refractivity contribution in [3.05, 3.63) is 35.7 Å². The molecule has 1 unspecified atom stereocenters. The van der Waals surface area contributed by atoms with Crippen LogP contribution in [0.2, 0.25) is 0 Å². The largest absolute Gasteiger partial charge is 0.471 e. The van der Waals surface area contributed by atoms with E-state index in [1.165, 1.54) is 0 Å². The summed E-state index contributed by atoms with van der Waals surface area (Å²) in [5.41, 5.74) is 1.22. The van der Waals surface area contributed by atoms with Gasteiger partial charge in [-0.3, -0.25) is 4.79 Å². The molecule has 0 aliphatic heterocycles. The quantitative estimate of drug-likeness (QED) is 0.940. The first-order valence-electron chi connectivity index (χ1n) is 6.62. The fourth-order valence-electron chi connectivity index (χ4n) is 1.80. The number of carbonyl (C=O) groups is 1. The van der Waals surface area contributed by atoms with Crippen molar-refractivity contribution in [2.75, 3.05) is 0 Å². The minimum Gasteiger partial charge on any atom is -0.350 e. The lowest BCUT2D eigenvalue weighted by Crippen LogP contribution is -2.25. The van der Waals surface area contributed by atoms with Crippen molar-refractivity contribution in [3.8, 4) is 11.4 Å². The Hall–Kier alpha value is -2.38. The Morgan fingerprint density at radius 1 is 1.32 bits per heavy atom. The van der Waals surface area contributed by atoms with E-state index in [1.807, 2.05) is 6.92 Å². The Kier molecular flexibility index (Phi) is 4.48. The average Bonchev–Trinajstić information content (AvgIpc) is 2.97. The summed E-state index contributed by atoms with van der Waals surface area (Å²) in [4.78, 5) is 14.6. The number of carbonyl (C=O) groups excluding carboxylic acids is 1. The number of hydrogen-bond donors (Lipinski definition) is 1. The first kappa shape index (κ1) is 16.0. The van der Waals surface area contributed by atoms with Crippen LogP contribution in [0.5, 0.6) is 0 Å². The number of aromatic nitrogens is 2. The summed E-state index contributed by atoms with van der Waals surface area (Å²) >= 11 is 0. The SMILES string of the molecule is CCC(=O)NC(C)c1ccc(-c2noc(C(F)(F)F)n2)cc1. The van der Waals surface area contributed by atoms with Gasteiger partial charge < -0.3 is 9.84 Å². The lowest BCUT2D eigenvalue weighted by atomic mass is 10.1. The van der Waals surface area contributed by atoms with E-state index in [-0.39, 0.29) is 17.8 Å². The van der Waals surface area contributed by atoms with Gasteiger partial charge in [-0.25, -0.2) is 0 Å². The molecule has 1 heterocycles. The maximum absolute atomic E-state index is 12.4. The highest BCUT2D eigenvalue weighted by Gasteiger charge is 2.38. The van der Waals surface area contributed by atoms with Gasteiger partial charge in [-0.1, -0.05) is 36.3 Å². The van der Waals surface area contributed by atoms with Crippen molar-refractivity contribution in [2.24, 2.45) is 0 Å². The zero-order valence-corrected chi connectivity index (χ0v) is 11.9. The molecule has 0 bridgehead atoms. The normalized spacial score (nSPS) is 13.0. The molecular weight excluding hydrogens is 299 g/mol. The highest BCUT2D eigenvalue weighted by molar-refractivity contribution is 5.76. The van der Waals surface area contributed by atoms with Gasteiger partial charge in [-0.2, -0.15) is 18.2 Å². The molecule has 0 aliphatic rings. The number of nitrogens with one attached hydrogen (secondary N) is 1. The lowest BCUT2D eigenvalue weighted by molar-refractivity contribution is -0.159. The average molecular weight is 313 g/mol. The zero-order valence-electron chi connectivity index (χ0n) is 11.9. The molecular formula is C14H14F3N3O2. The van der Waals surface area contributed by atoms with Crippen molar-refractivity contribution in [1.29, 1.82) is 0 Å². The van der Waals surface area contributed by atoms with Gasteiger partial charge in [0.2, 0.25) is 11.7 Å². The van der Waals surface area contributed by atoms with Gasteiger partial charge in [0, 0.05) is 12.0 Å². The number of benzene rings is 1. The van der Waals surface area contributed by atoms with E-state index in [9.17, 15) is 18.0 Å². The Morgan fingerprint density at radius 3 is 2.45 bits per heavy atom. The van der Waals surface area contributed by atoms with Gasteiger partial charge in [0.1, 0.15) is 0 Å². The van der Waals surface area contributed by atoms with Crippen LogP contribution in [0, 0.1) is 0 Å². The number of hydrogen-bond acceptors (Lipinski definition) is 4. The number of nitrogens with zero attached hydrogens (tertiary/aromatic N) is 2. The summed E-state index contributed by atoms with van der Waals surface area (Å²) in [5.74, 6) is -1.59. The Balaban J connectivity index is 2.15. The predicted octanol–water partition coefficient (Wildman–Crippen LogP) is 3.34. The van der Waals surface area contributed by atoms with Gasteiger partial charge >= 0.3 is 12.1 Å². The van der Waals surface area contributed by atoms with E-state index < -0.39 is 12.1 Å². The minimum atomic E-state index is -4.66. The number of amides is 1. The van der Waals surface area contributed by atoms with E-state index in [2.05, 4.69) is 20.0 Å². The van der Waals surface area contributed by atoms with Crippen LogP contribution in [0.1, 0.15) is 37.8 Å². The van der Waals surface area contributed by atoms with Crippen molar-refractivity contribution in [3.63, 3.8) is 0 Å². The Morgan fingerprint density at radius 2 is 1.95 bits per heavy atom. The molecule has 0 aliphatic carbocycles. The second-order valence-electron chi connectivity index (χ2n) is 4.69. The maximum Gasteiger partial charge on any atom is 0.471 e. The molecule has 0 spiro atoms. The van der Waals surface area contributed by atoms with E-state index in [0.717, 1.165) is 5.56 Å². The molecule has 8 heteroatoms. The molecule has 0 fully saturated rings. The third kappa shape index (κ3) is 3.63. The van der Waals surface area contributed by atoms with E-state index in [0.29, 0.717) is 12.0 Å². The Bertz CT molecular complexity index is 650. The van der Waals surface area contributed by atoms with Crippen LogP contribution in [0.15, 0.2) is 28.8 Å². The summed E-state index contributed by atoms with van der Waals surface area (Å²) < 4.78 is 41.4. The molecule has 1 amide bonds. The highest BCUT2D eigenvalue weighted by Crippen LogP contribution is 2.29. The third-order valence-corrected chi connectivity index (χ3v) is 3.04. The van der Waals surface area contributed by atoms with Crippen LogP contribution >= 0.6 is 0 Å². The van der Waals surface area contributed by atoms with E-state index in [1.54, 1.807) is 31.2 Å². The topological polar surface area (TPSA) is 68.0 Å². The first-order chi connectivity index (χ1) is 10.3. The fourth-order valence-corrected chi connectivity index (χ4v) is 1.80. The third-order valence-electron chi connectivity index (χ3n) is 3.04. The van der Waals surface area contributed by atoms with Crippen LogP contribution in [-0.4, -0.2) is 16.0 Å². The lowest BCUT2D eigenvalue weighted by Gasteiger charge is -2.13. The summed E-state index contributed by atoms with van der Waals surface area (Å²) in [5, 5.41) is 6.10. The molecule has 22 heavy (non-hydrogen) atoms. The van der Waals surface area contributed by atoms with Crippen molar-refractivity contribution >= 4 is 5.91 Å². The van der Waals surface area contributed by atoms with Crippen LogP contribution in [0.25, 0.3) is 11.4 Å². The maximum atomic E-state index is 12.4. The molecule has 1 aromatic heterocycles. The van der Waals surface area contributed by atoms with Gasteiger partial charge in [-0.05, 0) is 12.5 Å². The summed E-state index contributed by atoms with van der Waals surface area (Å²) in [6.07, 6.45) is -4.28. The molecule has 0 saturated carbocycles. The van der Waals surface area contributed by atoms with Gasteiger partial charge in [0.15, 0.2) is 0 Å². The van der Waals surface area contributed by atoms with Crippen LogP contribution in [0.3, 0.4) is 0 Å². The molecule has 0 radical (unpaired) electrons. The fraction of sp³-hybridized carbons (Fsp3) is 0.357. The second-order valence-corrected chi connectivity index (χ2v) is 4.69. The molecule has 118 valence electrons. The monoisotopic (exact) mass is 313 g/mol. The van der Waals surface area contributed by atoms with E-state index in [4.69, 9.17) is 0 Å². The van der Waals surface area contributed by atoms with Gasteiger partial charge in [0.25, 0.3) is 0 Å². The van der Waals surface area contributed by atoms with Crippen LogP contribution < -0.4 is 5.32 Å². The van der Waals surface area contributed by atoms with Gasteiger partial charge in [0.05, 0.1) is 6.04 Å². The summed E-state index contributed by atoms with van der Waals surface area (Å²) in [7, 11) is 0. The van der Waals surface area contributed by atoms with Crippen LogP contribution in [-0.2, 0) is 11.0 Å². The molecule has 1 aromatic carbocycles. The molecule has 1 N–H and O–H groups in total. The summed E-state index contributed by atoms with van der Waals surface area (Å²) in [6.45, 7) is 3.57. The molecule has 2 rings (SSSR count). The number of alkyl halides is 3. The predicted molar refractivity (Wildman–Crippen MR) is 71.6 cm³/mol. The highest BCUT2D eigenvalue weighted by atomic mass is 19.4. The Labute approximate surface area is 124 Å². The first-order valence-corrected chi connectivity index (χ1v) is 6.62. The zero-order chi connectivity index (χ0) is 16.3. The molecule has 5 nitrogen and oxygen atoms in total. The number of rotatable bonds is 4. The smallest absolute Gasteiger partial charge is 0.350 e. The molecule has 0 saturated heterocycles. The minimum absolute atomic E-state index is 0.0791. The second kappa shape index (κ2) is 6.17. The van der Waals surface area contributed by atoms with Crippen molar-refractivity contribution in [1.82, 2.24) is 15.5 Å².